The van der Waals surface area contributed by atoms with E-state index in [1.54, 1.807) is 0 Å². The topological polar surface area (TPSA) is 38.7 Å². The minimum Gasteiger partial charge on any atom is -0.415 e. The fourth-order valence-corrected chi connectivity index (χ4v) is 7.91. The first-order valence-corrected chi connectivity index (χ1v) is 9.86. The van der Waals surface area contributed by atoms with Crippen molar-refractivity contribution in [2.75, 3.05) is 6.61 Å². The Bertz CT molecular complexity index is 148. The van der Waals surface area contributed by atoms with Gasteiger partial charge in [-0.25, -0.2) is 0 Å². The van der Waals surface area contributed by atoms with Crippen LogP contribution in [0.3, 0.4) is 0 Å². The third kappa shape index (κ3) is 5.77. The van der Waals surface area contributed by atoms with Gasteiger partial charge < -0.3 is 13.3 Å². The molecule has 1 radical (unpaired) electrons. The van der Waals surface area contributed by atoms with Gasteiger partial charge in [-0.3, -0.25) is 0 Å². The molecule has 1 atom stereocenters. The minimum atomic E-state index is -2.37. The summed E-state index contributed by atoms with van der Waals surface area (Å²) in [6.07, 6.45) is 2.09. The Hall–Kier alpha value is 1.42. The molecule has 0 bridgehead atoms. The molecule has 0 aromatic rings. The van der Waals surface area contributed by atoms with Crippen LogP contribution in [0.25, 0.3) is 0 Å². The van der Waals surface area contributed by atoms with Gasteiger partial charge in [0.05, 0.1) is 0 Å². The zero-order valence-corrected chi connectivity index (χ0v) is 13.5. The molecule has 0 saturated carbocycles. The molecule has 0 aromatic heterocycles. The summed E-state index contributed by atoms with van der Waals surface area (Å²) in [5.74, 6) is 0. The van der Waals surface area contributed by atoms with Crippen LogP contribution in [0.2, 0.25) is 25.7 Å². The van der Waals surface area contributed by atoms with Gasteiger partial charge in [-0.2, -0.15) is 0 Å². The van der Waals surface area contributed by atoms with E-state index in [0.29, 0.717) is 0 Å². The van der Waals surface area contributed by atoms with Gasteiger partial charge in [0.25, 0.3) is 0 Å². The van der Waals surface area contributed by atoms with E-state index >= 15 is 0 Å². The van der Waals surface area contributed by atoms with Gasteiger partial charge in [-0.15, -0.1) is 0 Å². The first-order chi connectivity index (χ1) is 5.41. The first kappa shape index (κ1) is 14.4. The summed E-state index contributed by atoms with van der Waals surface area (Å²) in [7, 11) is -4.37. The number of rotatable bonds is 0. The van der Waals surface area contributed by atoms with Crippen LogP contribution in [-0.4, -0.2) is 28.5 Å². The molecule has 1 fully saturated rings. The van der Waals surface area contributed by atoms with E-state index < -0.39 is 17.1 Å². The van der Waals surface area contributed by atoms with E-state index in [9.17, 15) is 4.80 Å². The Morgan fingerprint density at radius 3 is 2.38 bits per heavy atom. The quantitative estimate of drug-likeness (QED) is 0.690. The average molecular weight is 295 g/mol. The number of hydrogen-bond acceptors (Lipinski definition) is 3. The van der Waals surface area contributed by atoms with Crippen molar-refractivity contribution in [3.63, 3.8) is 0 Å². The van der Waals surface area contributed by atoms with E-state index in [2.05, 4.69) is 0 Å². The molecule has 1 rings (SSSR count). The van der Waals surface area contributed by atoms with E-state index in [0.717, 1.165) is 25.5 Å². The van der Waals surface area contributed by atoms with Crippen LogP contribution >= 0.6 is 0 Å². The largest absolute Gasteiger partial charge is 0.415 e. The molecule has 13 heavy (non-hydrogen) atoms. The molecule has 1 N–H and O–H groups in total. The summed E-state index contributed by atoms with van der Waals surface area (Å²) in [6, 6.07) is 0.854. The zero-order chi connectivity index (χ0) is 9.24. The van der Waals surface area contributed by atoms with Crippen molar-refractivity contribution in [2.45, 2.75) is 38.5 Å². The van der Waals surface area contributed by atoms with Crippen LogP contribution < -0.4 is 0 Å². The fourth-order valence-electron chi connectivity index (χ4n) is 1.48. The maximum atomic E-state index is 9.89. The van der Waals surface area contributed by atoms with Crippen molar-refractivity contribution in [2.24, 2.45) is 0 Å². The Morgan fingerprint density at radius 2 is 1.77 bits per heavy atom. The second-order valence-electron chi connectivity index (χ2n) is 3.98. The molecule has 0 amide bonds. The first-order valence-electron chi connectivity index (χ1n) is 4.48. The maximum Gasteiger partial charge on any atom is 0.323 e. The van der Waals surface area contributed by atoms with E-state index in [4.69, 9.17) is 8.54 Å². The summed E-state index contributed by atoms with van der Waals surface area (Å²) < 4.78 is 11.3. The molecule has 3 nitrogen and oxygen atoms in total. The van der Waals surface area contributed by atoms with Crippen LogP contribution in [0, 0.1) is 0 Å². The average Bonchev–Trinajstić information content (AvgIpc) is 1.80. The second-order valence-corrected chi connectivity index (χ2v) is 10.7. The second kappa shape index (κ2) is 5.49. The van der Waals surface area contributed by atoms with Crippen molar-refractivity contribution in [1.82, 2.24) is 0 Å². The maximum absolute atomic E-state index is 9.89. The molecule has 0 aliphatic carbocycles. The molecule has 1 saturated heterocycles. The van der Waals surface area contributed by atoms with Crippen molar-refractivity contribution in [1.29, 1.82) is 0 Å². The third-order valence-corrected chi connectivity index (χ3v) is 7.86. The molecule has 1 heterocycles. The Kier molecular flexibility index (Phi) is 6.09. The third-order valence-electron chi connectivity index (χ3n) is 1.95. The predicted octanol–water partition coefficient (Wildman–Crippen LogP) is 1.58. The van der Waals surface area contributed by atoms with Gasteiger partial charge >= 0.3 is 17.1 Å². The summed E-state index contributed by atoms with van der Waals surface area (Å²) in [5, 5.41) is 0. The molecule has 0 aromatic carbocycles. The van der Waals surface area contributed by atoms with E-state index in [-0.39, 0.29) is 32.7 Å². The van der Waals surface area contributed by atoms with E-state index in [1.807, 2.05) is 19.6 Å². The van der Waals surface area contributed by atoms with Crippen molar-refractivity contribution < 1.29 is 46.0 Å². The van der Waals surface area contributed by atoms with Crippen LogP contribution in [0.4, 0.5) is 0 Å². The fraction of sp³-hybridized carbons (Fsp3) is 1.00. The van der Waals surface area contributed by atoms with Gasteiger partial charge in [0.15, 0.2) is 0 Å². The molecule has 75 valence electrons. The van der Waals surface area contributed by atoms with Crippen molar-refractivity contribution in [3.8, 4) is 0 Å². The molecule has 1 aliphatic rings. The van der Waals surface area contributed by atoms with Crippen molar-refractivity contribution in [3.05, 3.63) is 0 Å². The van der Waals surface area contributed by atoms with Gasteiger partial charge in [-0.1, -0.05) is 0 Å². The van der Waals surface area contributed by atoms with Crippen LogP contribution in [0.5, 0.6) is 0 Å². The standard InChI is InChI=1S/C7H18O3Si2.Y/c1-11(2)9-6-4-5-7-12(3,8)10-11;/h8H,4-7H2,1-3H3;. The Labute approximate surface area is 108 Å². The van der Waals surface area contributed by atoms with Crippen LogP contribution in [0.1, 0.15) is 12.8 Å². The smallest absolute Gasteiger partial charge is 0.323 e. The monoisotopic (exact) mass is 295 g/mol. The zero-order valence-electron chi connectivity index (χ0n) is 8.67. The van der Waals surface area contributed by atoms with Crippen molar-refractivity contribution >= 4 is 17.1 Å². The van der Waals surface area contributed by atoms with Gasteiger partial charge in [0.2, 0.25) is 0 Å². The minimum absolute atomic E-state index is 0. The Balaban J connectivity index is 0.00000144. The predicted molar refractivity (Wildman–Crippen MR) is 52.4 cm³/mol. The van der Waals surface area contributed by atoms with Crippen LogP contribution in [0.15, 0.2) is 0 Å². The normalized spacial score (nSPS) is 34.2. The summed E-state index contributed by atoms with van der Waals surface area (Å²) in [6.45, 7) is 6.65. The molecule has 1 aliphatic heterocycles. The molecular weight excluding hydrogens is 277 g/mol. The molecule has 6 heteroatoms. The van der Waals surface area contributed by atoms with Gasteiger partial charge in [0, 0.05) is 39.3 Å². The van der Waals surface area contributed by atoms with Crippen LogP contribution in [-0.2, 0) is 41.3 Å². The van der Waals surface area contributed by atoms with Gasteiger partial charge in [0.1, 0.15) is 0 Å². The summed E-state index contributed by atoms with van der Waals surface area (Å²) in [4.78, 5) is 9.89. The number of hydrogen-bond donors (Lipinski definition) is 1. The van der Waals surface area contributed by atoms with E-state index in [1.165, 1.54) is 0 Å². The SMILES string of the molecule is C[Si]1(O)CCCCO[Si](C)(C)O1.[Y]. The molecular formula is C7H18O3Si2Y. The molecule has 1 unspecified atom stereocenters. The summed E-state index contributed by atoms with van der Waals surface area (Å²) in [5.41, 5.74) is 0. The van der Waals surface area contributed by atoms with Gasteiger partial charge in [-0.05, 0) is 38.5 Å². The summed E-state index contributed by atoms with van der Waals surface area (Å²) >= 11 is 0. The Morgan fingerprint density at radius 1 is 1.15 bits per heavy atom. The molecule has 0 spiro atoms.